The molecule has 1 heterocycles. The Balaban J connectivity index is 2.31. The van der Waals surface area contributed by atoms with Crippen molar-refractivity contribution in [2.24, 2.45) is 0 Å². The van der Waals surface area contributed by atoms with Crippen molar-refractivity contribution >= 4 is 5.78 Å². The lowest BCUT2D eigenvalue weighted by molar-refractivity contribution is -0.130. The third-order valence-corrected chi connectivity index (χ3v) is 1.63. The molecule has 52 valence electrons. The van der Waals surface area contributed by atoms with Crippen LogP contribution in [-0.2, 0) is 9.53 Å². The number of Topliss-reactive ketones (excluding diaryl/α,β-unsaturated/α-hetero) is 1. The van der Waals surface area contributed by atoms with Crippen molar-refractivity contribution in [1.82, 2.24) is 0 Å². The lowest BCUT2D eigenvalue weighted by Gasteiger charge is -2.19. The van der Waals surface area contributed by atoms with E-state index in [0.717, 1.165) is 25.9 Å². The standard InChI is InChI=1S/C7H12O2/c1-6(8)7-4-2-3-5-9-7/h7H,2-5H2,1H3/t7-/m1/s1. The summed E-state index contributed by atoms with van der Waals surface area (Å²) in [5.41, 5.74) is 0. The summed E-state index contributed by atoms with van der Waals surface area (Å²) in [6.45, 7) is 2.36. The second-order valence-electron chi connectivity index (χ2n) is 2.47. The Kier molecular flexibility index (Phi) is 2.22. The molecule has 0 amide bonds. The van der Waals surface area contributed by atoms with Gasteiger partial charge in [0.05, 0.1) is 0 Å². The van der Waals surface area contributed by atoms with Gasteiger partial charge in [-0.3, -0.25) is 4.79 Å². The predicted octanol–water partition coefficient (Wildman–Crippen LogP) is 1.14. The molecule has 0 aliphatic carbocycles. The molecule has 1 atom stereocenters. The highest BCUT2D eigenvalue weighted by atomic mass is 16.5. The summed E-state index contributed by atoms with van der Waals surface area (Å²) >= 11 is 0. The van der Waals surface area contributed by atoms with Gasteiger partial charge in [-0.15, -0.1) is 0 Å². The van der Waals surface area contributed by atoms with E-state index in [1.165, 1.54) is 0 Å². The number of hydrogen-bond acceptors (Lipinski definition) is 2. The number of carbonyl (C=O) groups excluding carboxylic acids is 1. The minimum absolute atomic E-state index is 0.0845. The molecule has 0 aromatic rings. The zero-order chi connectivity index (χ0) is 6.69. The van der Waals surface area contributed by atoms with Gasteiger partial charge in [0.1, 0.15) is 6.10 Å². The zero-order valence-corrected chi connectivity index (χ0v) is 5.72. The Bertz CT molecular complexity index is 103. The highest BCUT2D eigenvalue weighted by molar-refractivity contribution is 5.80. The zero-order valence-electron chi connectivity index (χ0n) is 5.72. The summed E-state index contributed by atoms with van der Waals surface area (Å²) in [6, 6.07) is 0. The van der Waals surface area contributed by atoms with E-state index in [1.54, 1.807) is 6.92 Å². The van der Waals surface area contributed by atoms with Crippen LogP contribution in [-0.4, -0.2) is 18.5 Å². The van der Waals surface area contributed by atoms with Gasteiger partial charge >= 0.3 is 0 Å². The van der Waals surface area contributed by atoms with Crippen LogP contribution in [0.1, 0.15) is 26.2 Å². The molecule has 1 saturated heterocycles. The quantitative estimate of drug-likeness (QED) is 0.529. The molecule has 0 saturated carbocycles. The van der Waals surface area contributed by atoms with Crippen LogP contribution < -0.4 is 0 Å². The molecular weight excluding hydrogens is 116 g/mol. The van der Waals surface area contributed by atoms with Crippen LogP contribution in [0.2, 0.25) is 0 Å². The monoisotopic (exact) mass is 128 g/mol. The molecule has 2 nitrogen and oxygen atoms in total. The van der Waals surface area contributed by atoms with Gasteiger partial charge in [-0.05, 0) is 26.2 Å². The van der Waals surface area contributed by atoms with Gasteiger partial charge in [-0.2, -0.15) is 0 Å². The first-order valence-electron chi connectivity index (χ1n) is 3.43. The molecule has 9 heavy (non-hydrogen) atoms. The first-order valence-corrected chi connectivity index (χ1v) is 3.43. The van der Waals surface area contributed by atoms with E-state index in [1.807, 2.05) is 0 Å². The smallest absolute Gasteiger partial charge is 0.158 e. The van der Waals surface area contributed by atoms with Crippen LogP contribution in [0.15, 0.2) is 0 Å². The number of carbonyl (C=O) groups is 1. The van der Waals surface area contributed by atoms with E-state index in [0.29, 0.717) is 0 Å². The fraction of sp³-hybridized carbons (Fsp3) is 0.857. The lowest BCUT2D eigenvalue weighted by atomic mass is 10.1. The van der Waals surface area contributed by atoms with Gasteiger partial charge in [-0.25, -0.2) is 0 Å². The SMILES string of the molecule is CC(=O)[C@H]1CCCCO1. The van der Waals surface area contributed by atoms with Crippen LogP contribution in [0, 0.1) is 0 Å². The Morgan fingerprint density at radius 1 is 1.56 bits per heavy atom. The minimum atomic E-state index is -0.0845. The highest BCUT2D eigenvalue weighted by Crippen LogP contribution is 2.12. The minimum Gasteiger partial charge on any atom is -0.370 e. The molecule has 1 rings (SSSR count). The van der Waals surface area contributed by atoms with E-state index in [-0.39, 0.29) is 11.9 Å². The molecule has 0 N–H and O–H groups in total. The maximum atomic E-state index is 10.7. The summed E-state index contributed by atoms with van der Waals surface area (Å²) in [5, 5.41) is 0. The first-order chi connectivity index (χ1) is 4.30. The topological polar surface area (TPSA) is 26.3 Å². The van der Waals surface area contributed by atoms with E-state index < -0.39 is 0 Å². The maximum absolute atomic E-state index is 10.7. The van der Waals surface area contributed by atoms with Gasteiger partial charge in [-0.1, -0.05) is 0 Å². The first kappa shape index (κ1) is 6.75. The summed E-state index contributed by atoms with van der Waals surface area (Å²) in [7, 11) is 0. The van der Waals surface area contributed by atoms with Crippen molar-refractivity contribution in [3.63, 3.8) is 0 Å². The van der Waals surface area contributed by atoms with E-state index in [4.69, 9.17) is 4.74 Å². The number of hydrogen-bond donors (Lipinski definition) is 0. The van der Waals surface area contributed by atoms with Gasteiger partial charge in [0.25, 0.3) is 0 Å². The van der Waals surface area contributed by atoms with E-state index in [9.17, 15) is 4.79 Å². The largest absolute Gasteiger partial charge is 0.370 e. The lowest BCUT2D eigenvalue weighted by Crippen LogP contribution is -2.25. The molecule has 0 unspecified atom stereocenters. The van der Waals surface area contributed by atoms with Crippen LogP contribution in [0.3, 0.4) is 0 Å². The molecule has 1 aliphatic rings. The van der Waals surface area contributed by atoms with Crippen LogP contribution >= 0.6 is 0 Å². The molecule has 2 heteroatoms. The molecule has 0 radical (unpaired) electrons. The maximum Gasteiger partial charge on any atom is 0.158 e. The highest BCUT2D eigenvalue weighted by Gasteiger charge is 2.17. The van der Waals surface area contributed by atoms with Gasteiger partial charge in [0.15, 0.2) is 5.78 Å². The molecule has 1 aliphatic heterocycles. The molecule has 0 aromatic heterocycles. The summed E-state index contributed by atoms with van der Waals surface area (Å²) in [6.07, 6.45) is 3.10. The number of ketones is 1. The van der Waals surface area contributed by atoms with Crippen molar-refractivity contribution in [3.8, 4) is 0 Å². The molecular formula is C7H12O2. The molecule has 0 bridgehead atoms. The van der Waals surface area contributed by atoms with Crippen molar-refractivity contribution in [1.29, 1.82) is 0 Å². The Morgan fingerprint density at radius 2 is 2.33 bits per heavy atom. The van der Waals surface area contributed by atoms with Gasteiger partial charge in [0, 0.05) is 6.61 Å². The fourth-order valence-electron chi connectivity index (χ4n) is 1.06. The molecule has 0 aromatic carbocycles. The Labute approximate surface area is 55.2 Å². The Hall–Kier alpha value is -0.370. The van der Waals surface area contributed by atoms with Gasteiger partial charge < -0.3 is 4.74 Å². The van der Waals surface area contributed by atoms with Crippen LogP contribution in [0.25, 0.3) is 0 Å². The van der Waals surface area contributed by atoms with Crippen molar-refractivity contribution in [2.75, 3.05) is 6.61 Å². The predicted molar refractivity (Wildman–Crippen MR) is 34.3 cm³/mol. The number of ether oxygens (including phenoxy) is 1. The van der Waals surface area contributed by atoms with Crippen LogP contribution in [0.4, 0.5) is 0 Å². The summed E-state index contributed by atoms with van der Waals surface area (Å²) in [5.74, 6) is 0.176. The van der Waals surface area contributed by atoms with Crippen molar-refractivity contribution < 1.29 is 9.53 Å². The van der Waals surface area contributed by atoms with Crippen LogP contribution in [0.5, 0.6) is 0 Å². The summed E-state index contributed by atoms with van der Waals surface area (Å²) in [4.78, 5) is 10.7. The fourth-order valence-corrected chi connectivity index (χ4v) is 1.06. The second-order valence-corrected chi connectivity index (χ2v) is 2.47. The average Bonchev–Trinajstić information content (AvgIpc) is 1.90. The van der Waals surface area contributed by atoms with E-state index >= 15 is 0 Å². The second kappa shape index (κ2) is 2.97. The Morgan fingerprint density at radius 3 is 2.67 bits per heavy atom. The van der Waals surface area contributed by atoms with Gasteiger partial charge in [0.2, 0.25) is 0 Å². The third kappa shape index (κ3) is 1.79. The number of rotatable bonds is 1. The normalized spacial score (nSPS) is 27.9. The molecule has 0 spiro atoms. The van der Waals surface area contributed by atoms with E-state index in [2.05, 4.69) is 0 Å². The molecule has 1 fully saturated rings. The summed E-state index contributed by atoms with van der Waals surface area (Å²) < 4.78 is 5.19. The van der Waals surface area contributed by atoms with Crippen molar-refractivity contribution in [2.45, 2.75) is 32.3 Å². The van der Waals surface area contributed by atoms with Crippen molar-refractivity contribution in [3.05, 3.63) is 0 Å². The average molecular weight is 128 g/mol. The third-order valence-electron chi connectivity index (χ3n) is 1.63.